The second-order valence-electron chi connectivity index (χ2n) is 8.06. The number of benzene rings is 1. The summed E-state index contributed by atoms with van der Waals surface area (Å²) in [4.78, 5) is 38.5. The Morgan fingerprint density at radius 3 is 2.68 bits per heavy atom. The van der Waals surface area contributed by atoms with Gasteiger partial charge < -0.3 is 10.2 Å². The molecule has 0 unspecified atom stereocenters. The highest BCUT2D eigenvalue weighted by Gasteiger charge is 2.52. The highest BCUT2D eigenvalue weighted by Crippen LogP contribution is 2.43. The van der Waals surface area contributed by atoms with Crippen molar-refractivity contribution < 1.29 is 14.4 Å². The summed E-state index contributed by atoms with van der Waals surface area (Å²) < 4.78 is 0. The third kappa shape index (κ3) is 2.42. The number of hydrogen-bond donors (Lipinski definition) is 2. The Labute approximate surface area is 147 Å². The van der Waals surface area contributed by atoms with Gasteiger partial charge in [0.2, 0.25) is 5.91 Å². The number of nitrogens with one attached hydrogen (secondary N) is 2. The van der Waals surface area contributed by atoms with E-state index in [2.05, 4.69) is 36.6 Å². The standard InChI is InChI=1S/C19H23N3O3/c1-18(2)8-7-13(12-5-3-4-6-14(12)18)15(23)22-10-9-19(11-22)16(24)20-17(25)21-19/h3-6,13H,7-11H2,1-2H3,(H2,20,21,24,25)/t13-,19-/m1/s1. The Balaban J connectivity index is 1.59. The summed E-state index contributed by atoms with van der Waals surface area (Å²) >= 11 is 0. The van der Waals surface area contributed by atoms with Crippen molar-refractivity contribution in [3.8, 4) is 0 Å². The van der Waals surface area contributed by atoms with E-state index in [1.54, 1.807) is 4.90 Å². The second-order valence-corrected chi connectivity index (χ2v) is 8.06. The van der Waals surface area contributed by atoms with Gasteiger partial charge in [-0.15, -0.1) is 0 Å². The number of imide groups is 1. The van der Waals surface area contributed by atoms with Crippen LogP contribution in [0.1, 0.15) is 50.2 Å². The van der Waals surface area contributed by atoms with Crippen LogP contribution in [0, 0.1) is 0 Å². The molecule has 2 aliphatic heterocycles. The van der Waals surface area contributed by atoms with Crippen molar-refractivity contribution in [3.05, 3.63) is 35.4 Å². The number of rotatable bonds is 1. The molecule has 25 heavy (non-hydrogen) atoms. The van der Waals surface area contributed by atoms with Gasteiger partial charge in [0.1, 0.15) is 5.54 Å². The number of urea groups is 1. The first-order chi connectivity index (χ1) is 11.8. The van der Waals surface area contributed by atoms with Crippen LogP contribution in [0.4, 0.5) is 4.79 Å². The fraction of sp³-hybridized carbons (Fsp3) is 0.526. The van der Waals surface area contributed by atoms with E-state index in [1.807, 2.05) is 12.1 Å². The van der Waals surface area contributed by atoms with Gasteiger partial charge in [0.05, 0.1) is 12.5 Å². The maximum absolute atomic E-state index is 13.2. The minimum atomic E-state index is -0.944. The molecule has 6 nitrogen and oxygen atoms in total. The average Bonchev–Trinajstić information content (AvgIpc) is 3.11. The third-order valence-electron chi connectivity index (χ3n) is 6.02. The van der Waals surface area contributed by atoms with Crippen molar-refractivity contribution in [2.75, 3.05) is 13.1 Å². The first-order valence-corrected chi connectivity index (χ1v) is 8.84. The van der Waals surface area contributed by atoms with E-state index in [0.717, 1.165) is 18.4 Å². The van der Waals surface area contributed by atoms with Gasteiger partial charge in [-0.25, -0.2) is 4.79 Å². The van der Waals surface area contributed by atoms with Gasteiger partial charge in [-0.2, -0.15) is 0 Å². The molecule has 1 spiro atoms. The van der Waals surface area contributed by atoms with Gasteiger partial charge in [-0.1, -0.05) is 38.1 Å². The maximum atomic E-state index is 13.2. The van der Waals surface area contributed by atoms with Crippen molar-refractivity contribution in [3.63, 3.8) is 0 Å². The topological polar surface area (TPSA) is 78.5 Å². The molecule has 2 fully saturated rings. The number of carbonyl (C=O) groups excluding carboxylic acids is 3. The van der Waals surface area contributed by atoms with Gasteiger partial charge in [-0.05, 0) is 35.8 Å². The molecule has 4 rings (SSSR count). The number of likely N-dealkylation sites (tertiary alicyclic amines) is 1. The van der Waals surface area contributed by atoms with Crippen molar-refractivity contribution in [1.29, 1.82) is 0 Å². The molecule has 6 heteroatoms. The lowest BCUT2D eigenvalue weighted by molar-refractivity contribution is -0.132. The molecule has 2 saturated heterocycles. The molecule has 132 valence electrons. The first-order valence-electron chi connectivity index (χ1n) is 8.84. The summed E-state index contributed by atoms with van der Waals surface area (Å²) in [5.41, 5.74) is 1.46. The SMILES string of the molecule is CC1(C)CC[C@@H](C(=O)N2CC[C@]3(C2)NC(=O)NC3=O)c2ccccc21. The zero-order valence-corrected chi connectivity index (χ0v) is 14.6. The molecule has 0 aromatic heterocycles. The number of carbonyl (C=O) groups is 3. The molecule has 1 aromatic carbocycles. The van der Waals surface area contributed by atoms with E-state index in [4.69, 9.17) is 0 Å². The van der Waals surface area contributed by atoms with E-state index in [1.165, 1.54) is 5.56 Å². The van der Waals surface area contributed by atoms with Crippen LogP contribution in [0.3, 0.4) is 0 Å². The summed E-state index contributed by atoms with van der Waals surface area (Å²) in [6.45, 7) is 5.19. The van der Waals surface area contributed by atoms with Crippen LogP contribution in [0.5, 0.6) is 0 Å². The lowest BCUT2D eigenvalue weighted by Crippen LogP contribution is -2.50. The summed E-state index contributed by atoms with van der Waals surface area (Å²) in [5.74, 6) is -0.425. The molecule has 2 heterocycles. The highest BCUT2D eigenvalue weighted by atomic mass is 16.2. The molecular weight excluding hydrogens is 318 g/mol. The van der Waals surface area contributed by atoms with Crippen LogP contribution >= 0.6 is 0 Å². The van der Waals surface area contributed by atoms with Crippen LogP contribution in [-0.4, -0.2) is 41.4 Å². The average molecular weight is 341 g/mol. The predicted molar refractivity (Wildman–Crippen MR) is 92.0 cm³/mol. The lowest BCUT2D eigenvalue weighted by Gasteiger charge is -2.37. The fourth-order valence-electron chi connectivity index (χ4n) is 4.50. The summed E-state index contributed by atoms with van der Waals surface area (Å²) in [5, 5.41) is 4.99. The predicted octanol–water partition coefficient (Wildman–Crippen LogP) is 1.65. The molecular formula is C19H23N3O3. The Bertz CT molecular complexity index is 773. The van der Waals surface area contributed by atoms with Crippen LogP contribution in [-0.2, 0) is 15.0 Å². The lowest BCUT2D eigenvalue weighted by atomic mass is 9.68. The smallest absolute Gasteiger partial charge is 0.322 e. The molecule has 1 aromatic rings. The Kier molecular flexibility index (Phi) is 3.42. The van der Waals surface area contributed by atoms with Crippen molar-refractivity contribution in [2.45, 2.75) is 50.0 Å². The van der Waals surface area contributed by atoms with Gasteiger partial charge in [0, 0.05) is 6.54 Å². The largest absolute Gasteiger partial charge is 0.339 e. The Morgan fingerprint density at radius 1 is 1.20 bits per heavy atom. The highest BCUT2D eigenvalue weighted by molar-refractivity contribution is 6.07. The van der Waals surface area contributed by atoms with Gasteiger partial charge >= 0.3 is 6.03 Å². The van der Waals surface area contributed by atoms with Crippen LogP contribution in [0.25, 0.3) is 0 Å². The van der Waals surface area contributed by atoms with Gasteiger partial charge in [-0.3, -0.25) is 14.9 Å². The van der Waals surface area contributed by atoms with E-state index < -0.39 is 11.6 Å². The number of fused-ring (bicyclic) bond motifs is 1. The molecule has 2 atom stereocenters. The zero-order chi connectivity index (χ0) is 17.8. The van der Waals surface area contributed by atoms with Crippen LogP contribution < -0.4 is 10.6 Å². The molecule has 1 aliphatic carbocycles. The van der Waals surface area contributed by atoms with Crippen molar-refractivity contribution in [2.24, 2.45) is 0 Å². The van der Waals surface area contributed by atoms with Gasteiger partial charge in [0.25, 0.3) is 5.91 Å². The van der Waals surface area contributed by atoms with E-state index >= 15 is 0 Å². The van der Waals surface area contributed by atoms with Gasteiger partial charge in [0.15, 0.2) is 0 Å². The first kappa shape index (κ1) is 16.1. The van der Waals surface area contributed by atoms with Crippen molar-refractivity contribution >= 4 is 17.8 Å². The summed E-state index contributed by atoms with van der Waals surface area (Å²) in [6.07, 6.45) is 2.23. The number of hydrogen-bond acceptors (Lipinski definition) is 3. The second kappa shape index (κ2) is 5.31. The summed E-state index contributed by atoms with van der Waals surface area (Å²) in [7, 11) is 0. The third-order valence-corrected chi connectivity index (χ3v) is 6.02. The summed E-state index contributed by atoms with van der Waals surface area (Å²) in [6, 6.07) is 7.71. The van der Waals surface area contributed by atoms with Crippen LogP contribution in [0.2, 0.25) is 0 Å². The normalized spacial score (nSPS) is 30.2. The quantitative estimate of drug-likeness (QED) is 0.763. The Hall–Kier alpha value is -2.37. The molecule has 4 amide bonds. The van der Waals surface area contributed by atoms with E-state index in [9.17, 15) is 14.4 Å². The molecule has 2 N–H and O–H groups in total. The van der Waals surface area contributed by atoms with Crippen molar-refractivity contribution in [1.82, 2.24) is 15.5 Å². The number of amides is 4. The Morgan fingerprint density at radius 2 is 1.96 bits per heavy atom. The maximum Gasteiger partial charge on any atom is 0.322 e. The fourth-order valence-corrected chi connectivity index (χ4v) is 4.50. The minimum absolute atomic E-state index is 0.0637. The monoisotopic (exact) mass is 341 g/mol. The molecule has 3 aliphatic rings. The molecule has 0 radical (unpaired) electrons. The van der Waals surface area contributed by atoms with Crippen LogP contribution in [0.15, 0.2) is 24.3 Å². The zero-order valence-electron chi connectivity index (χ0n) is 14.6. The van der Waals surface area contributed by atoms with E-state index in [0.29, 0.717) is 13.0 Å². The minimum Gasteiger partial charge on any atom is -0.339 e. The molecule has 0 saturated carbocycles. The van der Waals surface area contributed by atoms with E-state index in [-0.39, 0.29) is 29.7 Å². The number of nitrogens with zero attached hydrogens (tertiary/aromatic N) is 1. The molecule has 0 bridgehead atoms.